The van der Waals surface area contributed by atoms with E-state index in [-0.39, 0.29) is 17.3 Å². The van der Waals surface area contributed by atoms with Crippen molar-refractivity contribution < 1.29 is 33.0 Å². The molecule has 8 nitrogen and oxygen atoms in total. The summed E-state index contributed by atoms with van der Waals surface area (Å²) in [6, 6.07) is 18.0. The first-order chi connectivity index (χ1) is 18.9. The van der Waals surface area contributed by atoms with Crippen molar-refractivity contribution in [2.75, 3.05) is 25.1 Å². The van der Waals surface area contributed by atoms with Crippen LogP contribution in [0.3, 0.4) is 0 Å². The van der Waals surface area contributed by atoms with Crippen LogP contribution in [0.15, 0.2) is 71.6 Å². The number of carbonyl (C=O) groups is 3. The van der Waals surface area contributed by atoms with Crippen LogP contribution in [0.1, 0.15) is 25.0 Å². The zero-order valence-corrected chi connectivity index (χ0v) is 22.3. The Hall–Kier alpha value is -4.31. The maximum Gasteiger partial charge on any atom is 0.294 e. The average molecular weight is 551 g/mol. The van der Waals surface area contributed by atoms with Crippen LogP contribution in [-0.4, -0.2) is 41.7 Å². The van der Waals surface area contributed by atoms with Gasteiger partial charge in [-0.3, -0.25) is 19.3 Å². The molecule has 4 rings (SSSR count). The average Bonchev–Trinajstić information content (AvgIpc) is 3.17. The Kier molecular flexibility index (Phi) is 9.22. The molecule has 0 atom stereocenters. The molecule has 10 heteroatoms. The first-order valence-corrected chi connectivity index (χ1v) is 13.1. The molecule has 0 spiro atoms. The van der Waals surface area contributed by atoms with E-state index >= 15 is 0 Å². The highest BCUT2D eigenvalue weighted by Gasteiger charge is 2.36. The van der Waals surface area contributed by atoms with Crippen molar-refractivity contribution in [1.82, 2.24) is 4.90 Å². The Balaban J connectivity index is 1.41. The van der Waals surface area contributed by atoms with Crippen LogP contribution in [0.2, 0.25) is 0 Å². The number of nitrogens with one attached hydrogen (secondary N) is 1. The monoisotopic (exact) mass is 550 g/mol. The van der Waals surface area contributed by atoms with E-state index in [4.69, 9.17) is 14.2 Å². The summed E-state index contributed by atoms with van der Waals surface area (Å²) in [5.74, 6) is 0.163. The van der Waals surface area contributed by atoms with Crippen molar-refractivity contribution in [1.29, 1.82) is 0 Å². The molecule has 0 bridgehead atoms. The predicted molar refractivity (Wildman–Crippen MR) is 147 cm³/mol. The Labute approximate surface area is 229 Å². The van der Waals surface area contributed by atoms with E-state index in [0.717, 1.165) is 16.7 Å². The summed E-state index contributed by atoms with van der Waals surface area (Å²) in [5.41, 5.74) is 1.80. The third-order valence-corrected chi connectivity index (χ3v) is 6.38. The highest BCUT2D eigenvalue weighted by Crippen LogP contribution is 2.35. The zero-order valence-electron chi connectivity index (χ0n) is 21.4. The molecule has 39 heavy (non-hydrogen) atoms. The molecule has 1 aliphatic heterocycles. The first-order valence-electron chi connectivity index (χ1n) is 12.3. The highest BCUT2D eigenvalue weighted by molar-refractivity contribution is 8.18. The number of imide groups is 1. The van der Waals surface area contributed by atoms with Crippen molar-refractivity contribution in [2.45, 2.75) is 20.5 Å². The van der Waals surface area contributed by atoms with Gasteiger partial charge in [-0.1, -0.05) is 18.2 Å². The third kappa shape index (κ3) is 7.38. The van der Waals surface area contributed by atoms with Gasteiger partial charge in [0.15, 0.2) is 11.5 Å². The van der Waals surface area contributed by atoms with Crippen LogP contribution in [0, 0.1) is 5.82 Å². The molecule has 3 aromatic rings. The van der Waals surface area contributed by atoms with E-state index in [1.54, 1.807) is 60.7 Å². The second-order valence-electron chi connectivity index (χ2n) is 8.33. The zero-order chi connectivity index (χ0) is 27.8. The minimum Gasteiger partial charge on any atom is -0.494 e. The molecule has 0 radical (unpaired) electrons. The summed E-state index contributed by atoms with van der Waals surface area (Å²) in [5, 5.41) is 2.14. The highest BCUT2D eigenvalue weighted by atomic mass is 32.2. The Morgan fingerprint density at radius 1 is 0.949 bits per heavy atom. The molecular formula is C29H27FN2O6S. The van der Waals surface area contributed by atoms with E-state index < -0.39 is 23.6 Å². The largest absolute Gasteiger partial charge is 0.494 e. The van der Waals surface area contributed by atoms with Crippen LogP contribution in [-0.2, 0) is 16.2 Å². The number of benzene rings is 3. The first kappa shape index (κ1) is 27.7. The minimum absolute atomic E-state index is 0.148. The molecule has 1 saturated heterocycles. The summed E-state index contributed by atoms with van der Waals surface area (Å²) in [4.78, 5) is 39.0. The standard InChI is InChI=1S/C29H27FN2O6S/c1-3-36-23-11-9-22(10-12-23)31-27(33)17-32-28(34)26(39-29(32)35)16-19-8-13-24(25(15-19)37-4-2)38-18-20-6-5-7-21(30)14-20/h5-16H,3-4,17-18H2,1-2H3,(H,31,33)/b26-16+. The summed E-state index contributed by atoms with van der Waals surface area (Å²) >= 11 is 0.759. The van der Waals surface area contributed by atoms with E-state index in [9.17, 15) is 18.8 Å². The van der Waals surface area contributed by atoms with Gasteiger partial charge < -0.3 is 19.5 Å². The quantitative estimate of drug-likeness (QED) is 0.298. The Morgan fingerprint density at radius 3 is 2.44 bits per heavy atom. The van der Waals surface area contributed by atoms with Crippen molar-refractivity contribution in [3.05, 3.63) is 88.6 Å². The summed E-state index contributed by atoms with van der Waals surface area (Å²) in [6.45, 7) is 4.34. The van der Waals surface area contributed by atoms with Gasteiger partial charge in [0.2, 0.25) is 5.91 Å². The molecule has 1 aliphatic rings. The number of nitrogens with zero attached hydrogens (tertiary/aromatic N) is 1. The molecule has 0 unspecified atom stereocenters. The molecule has 0 saturated carbocycles. The van der Waals surface area contributed by atoms with E-state index in [1.807, 2.05) is 13.8 Å². The van der Waals surface area contributed by atoms with Gasteiger partial charge in [-0.2, -0.15) is 0 Å². The van der Waals surface area contributed by atoms with Crippen LogP contribution >= 0.6 is 11.8 Å². The molecule has 1 fully saturated rings. The second-order valence-corrected chi connectivity index (χ2v) is 9.32. The van der Waals surface area contributed by atoms with Crippen LogP contribution < -0.4 is 19.5 Å². The van der Waals surface area contributed by atoms with Gasteiger partial charge in [0.1, 0.15) is 24.7 Å². The summed E-state index contributed by atoms with van der Waals surface area (Å²) < 4.78 is 30.4. The number of halogens is 1. The van der Waals surface area contributed by atoms with E-state index in [1.165, 1.54) is 12.1 Å². The van der Waals surface area contributed by atoms with Gasteiger partial charge in [-0.15, -0.1) is 0 Å². The van der Waals surface area contributed by atoms with Crippen molar-refractivity contribution in [3.8, 4) is 17.2 Å². The lowest BCUT2D eigenvalue weighted by Crippen LogP contribution is -2.36. The number of amides is 3. The van der Waals surface area contributed by atoms with Crippen molar-refractivity contribution >= 4 is 40.6 Å². The lowest BCUT2D eigenvalue weighted by molar-refractivity contribution is -0.127. The SMILES string of the molecule is CCOc1ccc(NC(=O)CN2C(=O)S/C(=C/c3ccc(OCc4cccc(F)c4)c(OCC)c3)C2=O)cc1. The van der Waals surface area contributed by atoms with Crippen LogP contribution in [0.5, 0.6) is 17.2 Å². The Morgan fingerprint density at radius 2 is 1.72 bits per heavy atom. The minimum atomic E-state index is -0.559. The second kappa shape index (κ2) is 13.0. The number of rotatable bonds is 11. The molecule has 1 heterocycles. The van der Waals surface area contributed by atoms with Gasteiger partial charge in [0, 0.05) is 5.69 Å². The van der Waals surface area contributed by atoms with Gasteiger partial charge >= 0.3 is 0 Å². The summed E-state index contributed by atoms with van der Waals surface area (Å²) in [6.07, 6.45) is 1.56. The molecule has 3 amide bonds. The smallest absolute Gasteiger partial charge is 0.294 e. The molecule has 3 aromatic carbocycles. The number of ether oxygens (including phenoxy) is 3. The number of carbonyl (C=O) groups excluding carboxylic acids is 3. The predicted octanol–water partition coefficient (Wildman–Crippen LogP) is 5.88. The van der Waals surface area contributed by atoms with Crippen molar-refractivity contribution in [2.24, 2.45) is 0 Å². The van der Waals surface area contributed by atoms with Crippen LogP contribution in [0.4, 0.5) is 14.9 Å². The van der Waals surface area contributed by atoms with Gasteiger partial charge in [-0.05, 0) is 91.3 Å². The van der Waals surface area contributed by atoms with Gasteiger partial charge in [0.05, 0.1) is 18.1 Å². The normalized spacial score (nSPS) is 14.0. The molecule has 202 valence electrons. The van der Waals surface area contributed by atoms with Crippen molar-refractivity contribution in [3.63, 3.8) is 0 Å². The Bertz CT molecular complexity index is 1390. The maximum absolute atomic E-state index is 13.5. The van der Waals surface area contributed by atoms with Crippen LogP contribution in [0.25, 0.3) is 6.08 Å². The fourth-order valence-corrected chi connectivity index (χ4v) is 4.56. The molecule has 1 N–H and O–H groups in total. The lowest BCUT2D eigenvalue weighted by Gasteiger charge is -2.13. The van der Waals surface area contributed by atoms with E-state index in [2.05, 4.69) is 5.32 Å². The molecule has 0 aliphatic carbocycles. The fraction of sp³-hybridized carbons (Fsp3) is 0.207. The molecule has 0 aromatic heterocycles. The van der Waals surface area contributed by atoms with E-state index in [0.29, 0.717) is 47.3 Å². The summed E-state index contributed by atoms with van der Waals surface area (Å²) in [7, 11) is 0. The number of thioether (sulfide) groups is 1. The third-order valence-electron chi connectivity index (χ3n) is 5.47. The lowest BCUT2D eigenvalue weighted by atomic mass is 10.1. The van der Waals surface area contributed by atoms with Gasteiger partial charge in [-0.25, -0.2) is 4.39 Å². The molecular weight excluding hydrogens is 523 g/mol. The number of hydrogen-bond acceptors (Lipinski definition) is 7. The van der Waals surface area contributed by atoms with Gasteiger partial charge in [0.25, 0.3) is 11.1 Å². The fourth-order valence-electron chi connectivity index (χ4n) is 3.72. The number of hydrogen-bond donors (Lipinski definition) is 1. The topological polar surface area (TPSA) is 94.2 Å². The number of anilines is 1. The maximum atomic E-state index is 13.5.